The number of rotatable bonds is 9. The Hall–Kier alpha value is -3.39. The molecule has 0 unspecified atom stereocenters. The molecule has 0 fully saturated rings. The fourth-order valence-corrected chi connectivity index (χ4v) is 4.60. The molecule has 0 radical (unpaired) electrons. The Balaban J connectivity index is 1.44. The molecule has 3 aromatic rings. The molecule has 4 rings (SSSR count). The van der Waals surface area contributed by atoms with Gasteiger partial charge in [0.1, 0.15) is 22.4 Å². The standard InChI is InChI=1S/C25H26FN3O3S/c1-3-31-21-10-5-16(13-22(21)32-4-2)11-12-29-14-20(30)23(24(29)27)25-28-19(15-33-25)17-6-8-18(26)9-7-17/h5-10,13,15,27,30H,3-4,11-12,14H2,1-2H3. The van der Waals surface area contributed by atoms with Crippen LogP contribution < -0.4 is 9.47 Å². The van der Waals surface area contributed by atoms with Crippen molar-refractivity contribution in [2.45, 2.75) is 20.3 Å². The Morgan fingerprint density at radius 3 is 2.55 bits per heavy atom. The predicted octanol–water partition coefficient (Wildman–Crippen LogP) is 5.55. The van der Waals surface area contributed by atoms with E-state index in [0.717, 1.165) is 16.9 Å². The molecule has 0 saturated heterocycles. The van der Waals surface area contributed by atoms with Gasteiger partial charge in [-0.3, -0.25) is 5.41 Å². The van der Waals surface area contributed by atoms with Crippen LogP contribution in [0.3, 0.4) is 0 Å². The highest BCUT2D eigenvalue weighted by Gasteiger charge is 2.30. The third kappa shape index (κ3) is 5.01. The lowest BCUT2D eigenvalue weighted by Gasteiger charge is -2.19. The van der Waals surface area contributed by atoms with Crippen molar-refractivity contribution in [3.05, 3.63) is 70.0 Å². The van der Waals surface area contributed by atoms with E-state index >= 15 is 0 Å². The Kier molecular flexibility index (Phi) is 6.93. The first-order valence-electron chi connectivity index (χ1n) is 10.9. The predicted molar refractivity (Wildman–Crippen MR) is 129 cm³/mol. The molecule has 0 aliphatic carbocycles. The lowest BCUT2D eigenvalue weighted by Crippen LogP contribution is -2.28. The zero-order valence-corrected chi connectivity index (χ0v) is 19.4. The Bertz CT molecular complexity index is 1170. The number of amidine groups is 1. The number of benzene rings is 2. The number of ether oxygens (including phenoxy) is 2. The molecule has 2 heterocycles. The van der Waals surface area contributed by atoms with Gasteiger partial charge >= 0.3 is 0 Å². The van der Waals surface area contributed by atoms with Gasteiger partial charge in [0, 0.05) is 17.5 Å². The van der Waals surface area contributed by atoms with Crippen molar-refractivity contribution < 1.29 is 19.0 Å². The number of thiazole rings is 1. The largest absolute Gasteiger partial charge is 0.510 e. The second-order valence-electron chi connectivity index (χ2n) is 7.53. The highest BCUT2D eigenvalue weighted by Crippen LogP contribution is 2.33. The Morgan fingerprint density at radius 1 is 1.09 bits per heavy atom. The van der Waals surface area contributed by atoms with Crippen LogP contribution in [-0.2, 0) is 6.42 Å². The molecule has 6 nitrogen and oxygen atoms in total. The monoisotopic (exact) mass is 467 g/mol. The number of aromatic nitrogens is 1. The summed E-state index contributed by atoms with van der Waals surface area (Å²) in [7, 11) is 0. The van der Waals surface area contributed by atoms with E-state index < -0.39 is 0 Å². The number of halogens is 1. The summed E-state index contributed by atoms with van der Waals surface area (Å²) in [6.45, 7) is 5.83. The van der Waals surface area contributed by atoms with Gasteiger partial charge in [-0.2, -0.15) is 0 Å². The maximum atomic E-state index is 13.2. The fraction of sp³-hybridized carbons (Fsp3) is 0.280. The molecule has 1 aliphatic rings. The van der Waals surface area contributed by atoms with Crippen LogP contribution in [0.15, 0.2) is 53.6 Å². The van der Waals surface area contributed by atoms with Crippen LogP contribution in [-0.4, -0.2) is 47.1 Å². The average Bonchev–Trinajstić information content (AvgIpc) is 3.38. The molecule has 0 saturated carbocycles. The minimum absolute atomic E-state index is 0.140. The van der Waals surface area contributed by atoms with Crippen molar-refractivity contribution in [3.63, 3.8) is 0 Å². The molecule has 1 aliphatic heterocycles. The van der Waals surface area contributed by atoms with Gasteiger partial charge in [0.2, 0.25) is 0 Å². The molecule has 8 heteroatoms. The van der Waals surface area contributed by atoms with Crippen molar-refractivity contribution in [2.75, 3.05) is 26.3 Å². The normalized spacial score (nSPS) is 13.7. The topological polar surface area (TPSA) is 78.7 Å². The van der Waals surface area contributed by atoms with Gasteiger partial charge in [0.25, 0.3) is 0 Å². The smallest absolute Gasteiger partial charge is 0.161 e. The molecule has 172 valence electrons. The first kappa shape index (κ1) is 22.8. The number of hydrogen-bond donors (Lipinski definition) is 2. The number of aliphatic hydroxyl groups excluding tert-OH is 1. The summed E-state index contributed by atoms with van der Waals surface area (Å²) in [6, 6.07) is 12.0. The van der Waals surface area contributed by atoms with E-state index in [2.05, 4.69) is 4.98 Å². The molecular formula is C25H26FN3O3S. The average molecular weight is 468 g/mol. The lowest BCUT2D eigenvalue weighted by molar-refractivity contribution is 0.287. The second kappa shape index (κ2) is 10.0. The molecule has 0 atom stereocenters. The molecule has 33 heavy (non-hydrogen) atoms. The quantitative estimate of drug-likeness (QED) is 0.431. The minimum atomic E-state index is -0.302. The summed E-state index contributed by atoms with van der Waals surface area (Å²) in [5.41, 5.74) is 3.01. The maximum absolute atomic E-state index is 13.2. The van der Waals surface area contributed by atoms with Crippen molar-refractivity contribution in [3.8, 4) is 22.8 Å². The zero-order valence-electron chi connectivity index (χ0n) is 18.6. The van der Waals surface area contributed by atoms with Gasteiger partial charge in [-0.25, -0.2) is 9.37 Å². The molecule has 0 spiro atoms. The second-order valence-corrected chi connectivity index (χ2v) is 8.39. The van der Waals surface area contributed by atoms with Crippen molar-refractivity contribution in [2.24, 2.45) is 0 Å². The molecule has 2 N–H and O–H groups in total. The van der Waals surface area contributed by atoms with E-state index in [1.54, 1.807) is 12.1 Å². The van der Waals surface area contributed by atoms with Gasteiger partial charge in [-0.05, 0) is 62.2 Å². The van der Waals surface area contributed by atoms with E-state index in [1.807, 2.05) is 42.3 Å². The van der Waals surface area contributed by atoms with Gasteiger partial charge in [0.15, 0.2) is 11.5 Å². The summed E-state index contributed by atoms with van der Waals surface area (Å²) in [4.78, 5) is 6.42. The summed E-state index contributed by atoms with van der Waals surface area (Å²) in [5.74, 6) is 1.53. The summed E-state index contributed by atoms with van der Waals surface area (Å²) < 4.78 is 24.5. The Labute approximate surface area is 196 Å². The number of hydrogen-bond acceptors (Lipinski definition) is 6. The fourth-order valence-electron chi connectivity index (χ4n) is 3.71. The van der Waals surface area contributed by atoms with E-state index in [-0.39, 0.29) is 24.0 Å². The van der Waals surface area contributed by atoms with E-state index in [1.165, 1.54) is 23.5 Å². The summed E-state index contributed by atoms with van der Waals surface area (Å²) >= 11 is 1.36. The van der Waals surface area contributed by atoms with Crippen LogP contribution >= 0.6 is 11.3 Å². The maximum Gasteiger partial charge on any atom is 0.161 e. The van der Waals surface area contributed by atoms with Crippen molar-refractivity contribution in [1.82, 2.24) is 9.88 Å². The lowest BCUT2D eigenvalue weighted by atomic mass is 10.1. The zero-order chi connectivity index (χ0) is 23.4. The summed E-state index contributed by atoms with van der Waals surface area (Å²) in [6.07, 6.45) is 0.689. The molecular weight excluding hydrogens is 441 g/mol. The van der Waals surface area contributed by atoms with Crippen LogP contribution in [0.25, 0.3) is 16.8 Å². The Morgan fingerprint density at radius 2 is 1.82 bits per heavy atom. The molecule has 1 aromatic heterocycles. The van der Waals surface area contributed by atoms with Crippen molar-refractivity contribution >= 4 is 22.7 Å². The van der Waals surface area contributed by atoms with Crippen LogP contribution in [0.5, 0.6) is 11.5 Å². The molecule has 0 bridgehead atoms. The van der Waals surface area contributed by atoms with Crippen LogP contribution in [0.1, 0.15) is 24.4 Å². The highest BCUT2D eigenvalue weighted by molar-refractivity contribution is 7.11. The molecule has 2 aromatic carbocycles. The third-order valence-corrected chi connectivity index (χ3v) is 6.18. The van der Waals surface area contributed by atoms with Crippen molar-refractivity contribution in [1.29, 1.82) is 5.41 Å². The van der Waals surface area contributed by atoms with Crippen LogP contribution in [0.2, 0.25) is 0 Å². The van der Waals surface area contributed by atoms with Gasteiger partial charge in [-0.1, -0.05) is 6.07 Å². The number of nitrogens with zero attached hydrogens (tertiary/aromatic N) is 2. The van der Waals surface area contributed by atoms with E-state index in [9.17, 15) is 9.50 Å². The first-order chi connectivity index (χ1) is 16.0. The van der Waals surface area contributed by atoms with Gasteiger partial charge < -0.3 is 19.5 Å². The highest BCUT2D eigenvalue weighted by atomic mass is 32.1. The first-order valence-corrected chi connectivity index (χ1v) is 11.7. The van der Waals surface area contributed by atoms with Gasteiger partial charge in [0.05, 0.1) is 31.0 Å². The molecule has 0 amide bonds. The SMILES string of the molecule is CCOc1ccc(CCN2CC(O)=C(c3nc(-c4ccc(F)cc4)cs3)C2=N)cc1OCC. The summed E-state index contributed by atoms with van der Waals surface area (Å²) in [5, 5.41) is 21.6. The number of aliphatic hydroxyl groups is 1. The van der Waals surface area contributed by atoms with Gasteiger partial charge in [-0.15, -0.1) is 11.3 Å². The van der Waals surface area contributed by atoms with Crippen LogP contribution in [0.4, 0.5) is 4.39 Å². The van der Waals surface area contributed by atoms with E-state index in [0.29, 0.717) is 48.2 Å². The van der Waals surface area contributed by atoms with Crippen LogP contribution in [0, 0.1) is 11.2 Å². The third-order valence-electron chi connectivity index (χ3n) is 5.32. The van der Waals surface area contributed by atoms with E-state index in [4.69, 9.17) is 14.9 Å². The minimum Gasteiger partial charge on any atom is -0.510 e. The number of nitrogens with one attached hydrogen (secondary N) is 1.